The normalized spacial score (nSPS) is 11.7. The van der Waals surface area contributed by atoms with E-state index < -0.39 is 0 Å². The Bertz CT molecular complexity index is 542. The predicted molar refractivity (Wildman–Crippen MR) is 92.2 cm³/mol. The maximum Gasteiger partial charge on any atom is 0.310 e. The van der Waals surface area contributed by atoms with Gasteiger partial charge in [-0.1, -0.05) is 17.7 Å². The zero-order chi connectivity index (χ0) is 17.2. The van der Waals surface area contributed by atoms with E-state index in [1.807, 2.05) is 12.1 Å². The van der Waals surface area contributed by atoms with Gasteiger partial charge in [-0.15, -0.1) is 0 Å². The quantitative estimate of drug-likeness (QED) is 0.484. The van der Waals surface area contributed by atoms with Gasteiger partial charge in [0.05, 0.1) is 35.3 Å². The van der Waals surface area contributed by atoms with E-state index in [2.05, 4.69) is 31.5 Å². The van der Waals surface area contributed by atoms with Crippen molar-refractivity contribution >= 4 is 45.2 Å². The highest BCUT2D eigenvalue weighted by molar-refractivity contribution is 9.10. The predicted octanol–water partition coefficient (Wildman–Crippen LogP) is 3.15. The molecule has 0 aliphatic heterocycles. The van der Waals surface area contributed by atoms with Crippen molar-refractivity contribution in [1.82, 2.24) is 5.43 Å². The summed E-state index contributed by atoms with van der Waals surface area (Å²) in [5.41, 5.74) is 6.73. The maximum atomic E-state index is 11.8. The second-order valence-electron chi connectivity index (χ2n) is 4.80. The Kier molecular flexibility index (Phi) is 8.98. The van der Waals surface area contributed by atoms with Gasteiger partial charge in [0, 0.05) is 13.0 Å². The maximum absolute atomic E-state index is 11.8. The largest absolute Gasteiger partial charge is 0.469 e. The van der Waals surface area contributed by atoms with E-state index in [4.69, 9.17) is 16.3 Å². The molecule has 0 amide bonds. The molecule has 1 rings (SSSR count). The van der Waals surface area contributed by atoms with Gasteiger partial charge in [-0.2, -0.15) is 0 Å². The van der Waals surface area contributed by atoms with Crippen LogP contribution in [-0.2, 0) is 19.1 Å². The topological polar surface area (TPSA) is 76.7 Å². The van der Waals surface area contributed by atoms with Crippen LogP contribution in [0, 0.1) is 5.92 Å². The Labute approximate surface area is 149 Å². The van der Waals surface area contributed by atoms with Crippen LogP contribution in [0.15, 0.2) is 22.7 Å². The number of nitrogens with one attached hydrogen (secondary N) is 2. The molecule has 1 unspecified atom stereocenters. The first-order valence-electron chi connectivity index (χ1n) is 7.07. The third-order valence-corrected chi connectivity index (χ3v) is 4.62. The molecule has 2 N–H and O–H groups in total. The van der Waals surface area contributed by atoms with Gasteiger partial charge >= 0.3 is 11.9 Å². The summed E-state index contributed by atoms with van der Waals surface area (Å²) < 4.78 is 10.1. The molecule has 6 nitrogen and oxygen atoms in total. The van der Waals surface area contributed by atoms with Crippen LogP contribution in [0.3, 0.4) is 0 Å². The summed E-state index contributed by atoms with van der Waals surface area (Å²) in [4.78, 5) is 22.9. The first-order chi connectivity index (χ1) is 11.0. The highest BCUT2D eigenvalue weighted by Gasteiger charge is 2.19. The zero-order valence-corrected chi connectivity index (χ0v) is 15.4. The molecular formula is C15H20BrClN2O4. The minimum atomic E-state index is -0.366. The van der Waals surface area contributed by atoms with Crippen LogP contribution in [0.2, 0.25) is 5.02 Å². The van der Waals surface area contributed by atoms with Crippen molar-refractivity contribution in [3.63, 3.8) is 0 Å². The van der Waals surface area contributed by atoms with Crippen LogP contribution in [0.5, 0.6) is 0 Å². The molecule has 0 spiro atoms. The number of hydrazine groups is 1. The summed E-state index contributed by atoms with van der Waals surface area (Å²) in [6, 6.07) is 5.42. The van der Waals surface area contributed by atoms with Crippen LogP contribution in [0.25, 0.3) is 0 Å². The highest BCUT2D eigenvalue weighted by atomic mass is 79.9. The molecule has 0 aliphatic carbocycles. The fraction of sp³-hybridized carbons (Fsp3) is 0.467. The Morgan fingerprint density at radius 1 is 1.30 bits per heavy atom. The number of esters is 2. The molecule has 0 saturated heterocycles. The molecule has 0 aliphatic rings. The lowest BCUT2D eigenvalue weighted by Crippen LogP contribution is -2.33. The Morgan fingerprint density at radius 3 is 2.70 bits per heavy atom. The summed E-state index contributed by atoms with van der Waals surface area (Å²) in [5, 5.41) is 0.583. The molecule has 0 saturated carbocycles. The molecular weight excluding hydrogens is 388 g/mol. The van der Waals surface area contributed by atoms with Crippen molar-refractivity contribution < 1.29 is 19.1 Å². The van der Waals surface area contributed by atoms with E-state index in [1.165, 1.54) is 14.2 Å². The van der Waals surface area contributed by atoms with Crippen molar-refractivity contribution in [3.05, 3.63) is 27.7 Å². The number of benzene rings is 1. The second kappa shape index (κ2) is 10.5. The molecule has 0 fully saturated rings. The summed E-state index contributed by atoms with van der Waals surface area (Å²) in [5.74, 6) is -0.980. The number of methoxy groups -OCH3 is 2. The van der Waals surface area contributed by atoms with E-state index in [9.17, 15) is 9.59 Å². The number of hydrogen-bond acceptors (Lipinski definition) is 6. The number of halogens is 2. The van der Waals surface area contributed by atoms with E-state index in [-0.39, 0.29) is 24.3 Å². The minimum absolute atomic E-state index is 0.275. The van der Waals surface area contributed by atoms with Gasteiger partial charge in [-0.05, 0) is 40.9 Å². The summed E-state index contributed by atoms with van der Waals surface area (Å²) in [7, 11) is 2.69. The van der Waals surface area contributed by atoms with Gasteiger partial charge < -0.3 is 14.9 Å². The van der Waals surface area contributed by atoms with Gasteiger partial charge in [0.15, 0.2) is 0 Å². The number of ether oxygens (including phenoxy) is 2. The average molecular weight is 408 g/mol. The van der Waals surface area contributed by atoms with Crippen molar-refractivity contribution in [2.24, 2.45) is 5.92 Å². The van der Waals surface area contributed by atoms with Crippen LogP contribution in [0.4, 0.5) is 5.69 Å². The molecule has 1 aromatic rings. The van der Waals surface area contributed by atoms with Gasteiger partial charge in [0.1, 0.15) is 0 Å². The Balaban J connectivity index is 2.49. The van der Waals surface area contributed by atoms with E-state index in [0.29, 0.717) is 24.4 Å². The Hall–Kier alpha value is -1.31. The molecule has 0 bridgehead atoms. The first kappa shape index (κ1) is 19.7. The molecule has 128 valence electrons. The van der Waals surface area contributed by atoms with E-state index in [0.717, 1.165) is 10.2 Å². The molecule has 23 heavy (non-hydrogen) atoms. The summed E-state index contributed by atoms with van der Waals surface area (Å²) >= 11 is 9.39. The van der Waals surface area contributed by atoms with E-state index >= 15 is 0 Å². The van der Waals surface area contributed by atoms with Crippen molar-refractivity contribution in [1.29, 1.82) is 0 Å². The molecule has 0 aromatic heterocycles. The smallest absolute Gasteiger partial charge is 0.310 e. The number of rotatable bonds is 9. The van der Waals surface area contributed by atoms with Crippen molar-refractivity contribution in [2.75, 3.05) is 26.2 Å². The average Bonchev–Trinajstić information content (AvgIpc) is 2.56. The van der Waals surface area contributed by atoms with Gasteiger partial charge in [0.2, 0.25) is 0 Å². The number of hydrogen-bond donors (Lipinski definition) is 2. The first-order valence-corrected chi connectivity index (χ1v) is 8.24. The Morgan fingerprint density at radius 2 is 2.04 bits per heavy atom. The molecule has 0 heterocycles. The molecule has 8 heteroatoms. The van der Waals surface area contributed by atoms with E-state index in [1.54, 1.807) is 6.07 Å². The minimum Gasteiger partial charge on any atom is -0.469 e. The van der Waals surface area contributed by atoms with Gasteiger partial charge in [-0.25, -0.2) is 5.43 Å². The van der Waals surface area contributed by atoms with Crippen LogP contribution in [0.1, 0.15) is 19.3 Å². The molecule has 1 atom stereocenters. The van der Waals surface area contributed by atoms with Gasteiger partial charge in [-0.3, -0.25) is 9.59 Å². The lowest BCUT2D eigenvalue weighted by Gasteiger charge is -2.17. The number of carbonyl (C=O) groups excluding carboxylic acids is 2. The van der Waals surface area contributed by atoms with Crippen LogP contribution < -0.4 is 10.9 Å². The summed E-state index contributed by atoms with van der Waals surface area (Å²) in [6.07, 6.45) is 1.35. The van der Waals surface area contributed by atoms with Gasteiger partial charge in [0.25, 0.3) is 0 Å². The SMILES string of the molecule is COC(=O)CCCC(CNNc1cccc(Cl)c1Br)C(=O)OC. The third kappa shape index (κ3) is 6.76. The standard InChI is InChI=1S/C15H20BrClN2O4/c1-22-13(20)8-3-5-10(15(21)23-2)9-18-19-12-7-4-6-11(17)14(12)16/h4,6-7,10,18-19H,3,5,8-9H2,1-2H3. The summed E-state index contributed by atoms with van der Waals surface area (Å²) in [6.45, 7) is 0.354. The lowest BCUT2D eigenvalue weighted by atomic mass is 10.0. The highest BCUT2D eigenvalue weighted by Crippen LogP contribution is 2.29. The third-order valence-electron chi connectivity index (χ3n) is 3.22. The van der Waals surface area contributed by atoms with Crippen LogP contribution in [-0.4, -0.2) is 32.7 Å². The second-order valence-corrected chi connectivity index (χ2v) is 6.00. The fourth-order valence-electron chi connectivity index (χ4n) is 1.93. The lowest BCUT2D eigenvalue weighted by molar-refractivity contribution is -0.146. The monoisotopic (exact) mass is 406 g/mol. The zero-order valence-electron chi connectivity index (χ0n) is 13.0. The fourth-order valence-corrected chi connectivity index (χ4v) is 2.47. The van der Waals surface area contributed by atoms with Crippen molar-refractivity contribution in [3.8, 4) is 0 Å². The number of carbonyl (C=O) groups is 2. The van der Waals surface area contributed by atoms with Crippen molar-refractivity contribution in [2.45, 2.75) is 19.3 Å². The molecule has 1 aromatic carbocycles. The molecule has 0 radical (unpaired) electrons. The van der Waals surface area contributed by atoms with Crippen LogP contribution >= 0.6 is 27.5 Å². The number of anilines is 1.